The molecule has 0 radical (unpaired) electrons. The average molecular weight is 306 g/mol. The summed E-state index contributed by atoms with van der Waals surface area (Å²) in [6.07, 6.45) is 0.290. The van der Waals surface area contributed by atoms with E-state index in [1.807, 2.05) is 42.5 Å². The molecule has 0 saturated heterocycles. The number of nitrogens with zero attached hydrogens (tertiary/aromatic N) is 1. The minimum absolute atomic E-state index is 0.0683. The molecule has 1 aliphatic rings. The molecule has 0 aliphatic carbocycles. The third kappa shape index (κ3) is 2.51. The first-order valence-corrected chi connectivity index (χ1v) is 7.82. The summed E-state index contributed by atoms with van der Waals surface area (Å²) in [6, 6.07) is 16.3. The molecule has 1 heterocycles. The SMILES string of the molecule is C=CSC1=C(C#N)[C@H](c2cccc3ccccc23)CC(=O)N1. The number of benzene rings is 2. The van der Waals surface area contributed by atoms with Gasteiger partial charge in [0.05, 0.1) is 16.7 Å². The predicted molar refractivity (Wildman–Crippen MR) is 89.9 cm³/mol. The van der Waals surface area contributed by atoms with E-state index in [1.165, 1.54) is 11.8 Å². The topological polar surface area (TPSA) is 52.9 Å². The Labute approximate surface area is 133 Å². The van der Waals surface area contributed by atoms with E-state index in [4.69, 9.17) is 0 Å². The Morgan fingerprint density at radius 3 is 2.82 bits per heavy atom. The van der Waals surface area contributed by atoms with E-state index in [-0.39, 0.29) is 18.2 Å². The molecule has 3 nitrogen and oxygen atoms in total. The van der Waals surface area contributed by atoms with Gasteiger partial charge in [0, 0.05) is 12.3 Å². The molecule has 1 amide bonds. The Morgan fingerprint density at radius 2 is 2.05 bits per heavy atom. The fraction of sp³-hybridized carbons (Fsp3) is 0.111. The van der Waals surface area contributed by atoms with Gasteiger partial charge in [-0.25, -0.2) is 0 Å². The number of amides is 1. The molecule has 1 N–H and O–H groups in total. The summed E-state index contributed by atoms with van der Waals surface area (Å²) >= 11 is 1.28. The van der Waals surface area contributed by atoms with Crippen molar-refractivity contribution >= 4 is 28.4 Å². The van der Waals surface area contributed by atoms with Crippen LogP contribution in [-0.2, 0) is 4.79 Å². The Morgan fingerprint density at radius 1 is 1.27 bits per heavy atom. The van der Waals surface area contributed by atoms with Crippen LogP contribution in [0.3, 0.4) is 0 Å². The molecule has 108 valence electrons. The first-order valence-electron chi connectivity index (χ1n) is 6.94. The quantitative estimate of drug-likeness (QED) is 0.930. The maximum absolute atomic E-state index is 12.0. The van der Waals surface area contributed by atoms with Gasteiger partial charge in [-0.2, -0.15) is 5.26 Å². The first-order chi connectivity index (χ1) is 10.7. The molecule has 0 spiro atoms. The largest absolute Gasteiger partial charge is 0.320 e. The van der Waals surface area contributed by atoms with Gasteiger partial charge in [-0.3, -0.25) is 4.79 Å². The molecule has 0 fully saturated rings. The lowest BCUT2D eigenvalue weighted by Crippen LogP contribution is -2.30. The Balaban J connectivity index is 2.20. The molecule has 3 rings (SSSR count). The van der Waals surface area contributed by atoms with Crippen LogP contribution in [0, 0.1) is 11.3 Å². The number of fused-ring (bicyclic) bond motifs is 1. The van der Waals surface area contributed by atoms with Crippen molar-refractivity contribution in [2.75, 3.05) is 0 Å². The fourth-order valence-corrected chi connectivity index (χ4v) is 3.47. The van der Waals surface area contributed by atoms with E-state index in [0.29, 0.717) is 10.6 Å². The molecule has 0 unspecified atom stereocenters. The molecular weight excluding hydrogens is 292 g/mol. The minimum Gasteiger partial charge on any atom is -0.320 e. The van der Waals surface area contributed by atoms with Gasteiger partial charge in [0.1, 0.15) is 0 Å². The standard InChI is InChI=1S/C18H14N2OS/c1-2-22-18-16(11-19)15(10-17(21)20-18)14-9-5-7-12-6-3-4-8-13(12)14/h2-9,15H,1,10H2,(H,20,21)/t15-/m0/s1. The zero-order valence-electron chi connectivity index (χ0n) is 11.9. The highest BCUT2D eigenvalue weighted by Gasteiger charge is 2.30. The average Bonchev–Trinajstić information content (AvgIpc) is 2.54. The number of carbonyl (C=O) groups is 1. The molecule has 1 atom stereocenters. The summed E-state index contributed by atoms with van der Waals surface area (Å²) in [6.45, 7) is 3.66. The zero-order chi connectivity index (χ0) is 15.5. The lowest BCUT2D eigenvalue weighted by molar-refractivity contribution is -0.120. The van der Waals surface area contributed by atoms with Crippen molar-refractivity contribution in [2.45, 2.75) is 12.3 Å². The predicted octanol–water partition coefficient (Wildman–Crippen LogP) is 4.06. The maximum Gasteiger partial charge on any atom is 0.225 e. The first kappa shape index (κ1) is 14.4. The number of nitrogens with one attached hydrogen (secondary N) is 1. The van der Waals surface area contributed by atoms with Crippen molar-refractivity contribution in [3.05, 3.63) is 70.6 Å². The minimum atomic E-state index is -0.215. The van der Waals surface area contributed by atoms with Crippen LogP contribution >= 0.6 is 11.8 Å². The lowest BCUT2D eigenvalue weighted by Gasteiger charge is -2.25. The summed E-state index contributed by atoms with van der Waals surface area (Å²) in [4.78, 5) is 12.0. The van der Waals surface area contributed by atoms with E-state index in [9.17, 15) is 10.1 Å². The molecule has 2 aromatic carbocycles. The van der Waals surface area contributed by atoms with Crippen LogP contribution < -0.4 is 5.32 Å². The van der Waals surface area contributed by atoms with Crippen molar-refractivity contribution in [1.29, 1.82) is 5.26 Å². The van der Waals surface area contributed by atoms with E-state index in [1.54, 1.807) is 5.41 Å². The number of hydrogen-bond acceptors (Lipinski definition) is 3. The number of carbonyl (C=O) groups excluding carboxylic acids is 1. The monoisotopic (exact) mass is 306 g/mol. The van der Waals surface area contributed by atoms with E-state index >= 15 is 0 Å². The Hall–Kier alpha value is -2.51. The molecule has 4 heteroatoms. The third-order valence-electron chi connectivity index (χ3n) is 3.76. The van der Waals surface area contributed by atoms with Crippen molar-refractivity contribution in [1.82, 2.24) is 5.32 Å². The van der Waals surface area contributed by atoms with Crippen LogP contribution in [0.15, 0.2) is 65.1 Å². The third-order valence-corrected chi connectivity index (χ3v) is 4.48. The van der Waals surface area contributed by atoms with Crippen molar-refractivity contribution in [3.63, 3.8) is 0 Å². The fourth-order valence-electron chi connectivity index (χ4n) is 2.82. The number of nitriles is 1. The van der Waals surface area contributed by atoms with Gasteiger partial charge in [0.25, 0.3) is 0 Å². The van der Waals surface area contributed by atoms with Gasteiger partial charge < -0.3 is 5.32 Å². The highest BCUT2D eigenvalue weighted by Crippen LogP contribution is 2.38. The number of rotatable bonds is 3. The second-order valence-electron chi connectivity index (χ2n) is 5.01. The second-order valence-corrected chi connectivity index (χ2v) is 5.99. The van der Waals surface area contributed by atoms with Gasteiger partial charge in [-0.15, -0.1) is 0 Å². The maximum atomic E-state index is 12.0. The van der Waals surface area contributed by atoms with Gasteiger partial charge in [0.2, 0.25) is 5.91 Å². The normalized spacial score (nSPS) is 18.0. The van der Waals surface area contributed by atoms with Crippen LogP contribution in [0.25, 0.3) is 10.8 Å². The van der Waals surface area contributed by atoms with Gasteiger partial charge in [-0.1, -0.05) is 60.8 Å². The summed E-state index contributed by atoms with van der Waals surface area (Å²) in [7, 11) is 0. The molecule has 1 aliphatic heterocycles. The zero-order valence-corrected chi connectivity index (χ0v) is 12.7. The molecule has 2 aromatic rings. The molecule has 0 saturated carbocycles. The smallest absolute Gasteiger partial charge is 0.225 e. The van der Waals surface area contributed by atoms with Crippen LogP contribution in [0.5, 0.6) is 0 Å². The summed E-state index contributed by atoms with van der Waals surface area (Å²) in [5, 5.41) is 16.8. The highest BCUT2D eigenvalue weighted by atomic mass is 32.2. The van der Waals surface area contributed by atoms with Crippen LogP contribution in [-0.4, -0.2) is 5.91 Å². The summed E-state index contributed by atoms with van der Waals surface area (Å²) in [5.74, 6) is -0.284. The van der Waals surface area contributed by atoms with Crippen molar-refractivity contribution < 1.29 is 4.79 Å². The van der Waals surface area contributed by atoms with Crippen LogP contribution in [0.4, 0.5) is 0 Å². The Bertz CT molecular complexity index is 827. The van der Waals surface area contributed by atoms with Crippen molar-refractivity contribution in [3.8, 4) is 6.07 Å². The van der Waals surface area contributed by atoms with E-state index in [0.717, 1.165) is 16.3 Å². The number of hydrogen-bond donors (Lipinski definition) is 1. The lowest BCUT2D eigenvalue weighted by atomic mass is 9.84. The van der Waals surface area contributed by atoms with Gasteiger partial charge >= 0.3 is 0 Å². The highest BCUT2D eigenvalue weighted by molar-refractivity contribution is 8.05. The van der Waals surface area contributed by atoms with Crippen LogP contribution in [0.1, 0.15) is 17.9 Å². The van der Waals surface area contributed by atoms with E-state index in [2.05, 4.69) is 18.0 Å². The van der Waals surface area contributed by atoms with Crippen molar-refractivity contribution in [2.24, 2.45) is 0 Å². The molecule has 0 aromatic heterocycles. The summed E-state index contributed by atoms with van der Waals surface area (Å²) in [5.41, 5.74) is 1.62. The summed E-state index contributed by atoms with van der Waals surface area (Å²) < 4.78 is 0. The van der Waals surface area contributed by atoms with E-state index < -0.39 is 0 Å². The number of allylic oxidation sites excluding steroid dienone is 1. The van der Waals surface area contributed by atoms with Crippen LogP contribution in [0.2, 0.25) is 0 Å². The molecular formula is C18H14N2OS. The van der Waals surface area contributed by atoms with Gasteiger partial charge in [0.15, 0.2) is 0 Å². The molecule has 22 heavy (non-hydrogen) atoms. The number of thioether (sulfide) groups is 1. The molecule has 0 bridgehead atoms. The Kier molecular flexibility index (Phi) is 3.99. The second kappa shape index (κ2) is 6.08. The van der Waals surface area contributed by atoms with Gasteiger partial charge in [-0.05, 0) is 21.7 Å².